The summed E-state index contributed by atoms with van der Waals surface area (Å²) in [6, 6.07) is 8.30. The minimum atomic E-state index is -0.173. The lowest BCUT2D eigenvalue weighted by Crippen LogP contribution is -2.35. The lowest BCUT2D eigenvalue weighted by Gasteiger charge is -2.20. The molecule has 112 valence electrons. The summed E-state index contributed by atoms with van der Waals surface area (Å²) in [4.78, 5) is 12.7. The molecule has 0 spiro atoms. The number of carbonyl (C=O) groups is 1. The summed E-state index contributed by atoms with van der Waals surface area (Å²) in [5, 5.41) is 3.28. The summed E-state index contributed by atoms with van der Waals surface area (Å²) in [7, 11) is 0. The Morgan fingerprint density at radius 2 is 1.90 bits per heavy atom. The number of hydrogen-bond donors (Lipinski definition) is 1. The van der Waals surface area contributed by atoms with Crippen LogP contribution in [0.4, 0.5) is 0 Å². The zero-order chi connectivity index (χ0) is 15.2. The number of carbonyl (C=O) groups excluding carboxylic acids is 1. The lowest BCUT2D eigenvalue weighted by atomic mass is 10.1. The van der Waals surface area contributed by atoms with Crippen molar-refractivity contribution in [2.75, 3.05) is 6.61 Å². The fourth-order valence-electron chi connectivity index (χ4n) is 1.56. The second-order valence-corrected chi connectivity index (χ2v) is 7.17. The second kappa shape index (κ2) is 7.70. The number of ether oxygens (including phenoxy) is 1. The highest BCUT2D eigenvalue weighted by Crippen LogP contribution is 2.24. The Morgan fingerprint density at radius 1 is 1.30 bits per heavy atom. The van der Waals surface area contributed by atoms with Crippen LogP contribution in [0.1, 0.15) is 40.2 Å². The van der Waals surface area contributed by atoms with Gasteiger partial charge in [-0.05, 0) is 52.3 Å². The van der Waals surface area contributed by atoms with Crippen LogP contribution < -0.4 is 5.32 Å². The van der Waals surface area contributed by atoms with Gasteiger partial charge in [-0.25, -0.2) is 0 Å². The van der Waals surface area contributed by atoms with E-state index in [1.54, 1.807) is 0 Å². The van der Waals surface area contributed by atoms with Gasteiger partial charge in [0.2, 0.25) is 0 Å². The Kier molecular flexibility index (Phi) is 6.56. The average molecular weight is 295 g/mol. The zero-order valence-electron chi connectivity index (χ0n) is 13.0. The first-order chi connectivity index (χ1) is 9.31. The van der Waals surface area contributed by atoms with Gasteiger partial charge >= 0.3 is 5.97 Å². The van der Waals surface area contributed by atoms with Crippen molar-refractivity contribution in [1.29, 1.82) is 0 Å². The molecule has 0 aliphatic heterocycles. The normalized spacial score (nSPS) is 13.1. The highest BCUT2D eigenvalue weighted by atomic mass is 32.2. The molecule has 1 N–H and O–H groups in total. The van der Waals surface area contributed by atoms with E-state index in [1.807, 2.05) is 13.8 Å². The van der Waals surface area contributed by atoms with Crippen molar-refractivity contribution in [3.63, 3.8) is 0 Å². The van der Waals surface area contributed by atoms with Crippen LogP contribution in [-0.2, 0) is 16.1 Å². The molecule has 0 aliphatic rings. The molecule has 1 aromatic carbocycles. The average Bonchev–Trinajstić information content (AvgIpc) is 2.37. The van der Waals surface area contributed by atoms with Crippen molar-refractivity contribution in [2.45, 2.75) is 56.8 Å². The van der Waals surface area contributed by atoms with Crippen LogP contribution >= 0.6 is 11.8 Å². The fraction of sp³-hybridized carbons (Fsp3) is 0.562. The number of benzene rings is 1. The molecular weight excluding hydrogens is 270 g/mol. The molecular formula is C16H25NO2S. The lowest BCUT2D eigenvalue weighted by molar-refractivity contribution is -0.142. The van der Waals surface area contributed by atoms with Crippen molar-refractivity contribution in [1.82, 2.24) is 5.32 Å². The molecule has 1 unspecified atom stereocenters. The highest BCUT2D eigenvalue weighted by Gasteiger charge is 2.15. The van der Waals surface area contributed by atoms with Gasteiger partial charge in [-0.15, -0.1) is 11.8 Å². The van der Waals surface area contributed by atoms with Gasteiger partial charge in [-0.1, -0.05) is 12.1 Å². The molecule has 0 amide bonds. The Hall–Kier alpha value is -1.00. The van der Waals surface area contributed by atoms with E-state index < -0.39 is 0 Å². The maximum Gasteiger partial charge on any atom is 0.319 e. The largest absolute Gasteiger partial charge is 0.465 e. The number of thioether (sulfide) groups is 1. The predicted octanol–water partition coefficient (Wildman–Crippen LogP) is 3.62. The maximum atomic E-state index is 11.6. The summed E-state index contributed by atoms with van der Waals surface area (Å²) in [6.45, 7) is 11.4. The third kappa shape index (κ3) is 6.44. The second-order valence-electron chi connectivity index (χ2n) is 5.76. The van der Waals surface area contributed by atoms with Gasteiger partial charge in [0.15, 0.2) is 0 Å². The van der Waals surface area contributed by atoms with E-state index in [1.165, 1.54) is 17.3 Å². The molecule has 0 bridgehead atoms. The van der Waals surface area contributed by atoms with E-state index in [0.717, 1.165) is 11.4 Å². The minimum Gasteiger partial charge on any atom is -0.465 e. The van der Waals surface area contributed by atoms with Gasteiger partial charge in [-0.2, -0.15) is 0 Å². The van der Waals surface area contributed by atoms with Gasteiger partial charge in [-0.3, -0.25) is 4.79 Å². The van der Waals surface area contributed by atoms with E-state index in [-0.39, 0.29) is 16.8 Å². The highest BCUT2D eigenvalue weighted by molar-refractivity contribution is 8.00. The van der Waals surface area contributed by atoms with Crippen molar-refractivity contribution >= 4 is 17.7 Å². The Bertz CT molecular complexity index is 423. The van der Waals surface area contributed by atoms with Crippen molar-refractivity contribution in [2.24, 2.45) is 0 Å². The molecule has 20 heavy (non-hydrogen) atoms. The minimum absolute atomic E-state index is 0.117. The van der Waals surface area contributed by atoms with Gasteiger partial charge in [0.25, 0.3) is 0 Å². The number of nitrogens with one attached hydrogen (secondary N) is 1. The molecule has 0 fully saturated rings. The fourth-order valence-corrected chi connectivity index (χ4v) is 2.43. The summed E-state index contributed by atoms with van der Waals surface area (Å²) in [5.74, 6) is -0.157. The molecule has 1 atom stereocenters. The number of hydrogen-bond acceptors (Lipinski definition) is 4. The van der Waals surface area contributed by atoms with Crippen LogP contribution in [0.5, 0.6) is 0 Å². The molecule has 0 heterocycles. The third-order valence-corrected chi connectivity index (χ3v) is 3.77. The topological polar surface area (TPSA) is 38.3 Å². The summed E-state index contributed by atoms with van der Waals surface area (Å²) < 4.78 is 5.01. The van der Waals surface area contributed by atoms with Crippen LogP contribution in [0.25, 0.3) is 0 Å². The SMILES string of the molecule is CCOC(=O)C(C)Sc1ccc(CNC(C)(C)C)cc1. The van der Waals surface area contributed by atoms with Gasteiger partial charge in [0.05, 0.1) is 6.61 Å². The standard InChI is InChI=1S/C16H25NO2S/c1-6-19-15(18)12(2)20-14-9-7-13(8-10-14)11-17-16(3,4)5/h7-10,12,17H,6,11H2,1-5H3. The molecule has 4 heteroatoms. The van der Waals surface area contributed by atoms with Crippen molar-refractivity contribution in [3.05, 3.63) is 29.8 Å². The monoisotopic (exact) mass is 295 g/mol. The molecule has 1 rings (SSSR count). The van der Waals surface area contributed by atoms with E-state index in [4.69, 9.17) is 4.74 Å². The predicted molar refractivity (Wildman–Crippen MR) is 85.0 cm³/mol. The molecule has 0 radical (unpaired) electrons. The first-order valence-electron chi connectivity index (χ1n) is 6.99. The van der Waals surface area contributed by atoms with E-state index in [9.17, 15) is 4.79 Å². The Labute approximate surface area is 126 Å². The van der Waals surface area contributed by atoms with Crippen LogP contribution in [-0.4, -0.2) is 23.4 Å². The van der Waals surface area contributed by atoms with Crippen LogP contribution in [0, 0.1) is 0 Å². The molecule has 0 saturated carbocycles. The first-order valence-corrected chi connectivity index (χ1v) is 7.87. The third-order valence-electron chi connectivity index (χ3n) is 2.68. The summed E-state index contributed by atoms with van der Waals surface area (Å²) in [6.07, 6.45) is 0. The Morgan fingerprint density at radius 3 is 2.40 bits per heavy atom. The zero-order valence-corrected chi connectivity index (χ0v) is 13.8. The van der Waals surface area contributed by atoms with Gasteiger partial charge in [0.1, 0.15) is 5.25 Å². The van der Waals surface area contributed by atoms with E-state index in [0.29, 0.717) is 6.61 Å². The molecule has 0 aromatic heterocycles. The smallest absolute Gasteiger partial charge is 0.319 e. The number of esters is 1. The maximum absolute atomic E-state index is 11.6. The quantitative estimate of drug-likeness (QED) is 0.642. The van der Waals surface area contributed by atoms with Crippen LogP contribution in [0.3, 0.4) is 0 Å². The van der Waals surface area contributed by atoms with Gasteiger partial charge < -0.3 is 10.1 Å². The first kappa shape index (κ1) is 17.1. The van der Waals surface area contributed by atoms with Crippen molar-refractivity contribution in [3.8, 4) is 0 Å². The van der Waals surface area contributed by atoms with Gasteiger partial charge in [0, 0.05) is 17.0 Å². The van der Waals surface area contributed by atoms with E-state index >= 15 is 0 Å². The molecule has 1 aromatic rings. The summed E-state index contributed by atoms with van der Waals surface area (Å²) >= 11 is 1.53. The van der Waals surface area contributed by atoms with Crippen LogP contribution in [0.15, 0.2) is 29.2 Å². The molecule has 0 aliphatic carbocycles. The van der Waals surface area contributed by atoms with Crippen LogP contribution in [0.2, 0.25) is 0 Å². The van der Waals surface area contributed by atoms with Crippen molar-refractivity contribution < 1.29 is 9.53 Å². The van der Waals surface area contributed by atoms with E-state index in [2.05, 4.69) is 50.4 Å². The Balaban J connectivity index is 2.52. The molecule has 3 nitrogen and oxygen atoms in total. The summed E-state index contributed by atoms with van der Waals surface area (Å²) in [5.41, 5.74) is 1.36. The number of rotatable bonds is 6. The molecule has 0 saturated heterocycles.